The Balaban J connectivity index is 0.888. The normalized spacial score (nSPS) is 28.6. The Morgan fingerprint density at radius 2 is 0.880 bits per heavy atom. The molecule has 57 heteroatoms. The number of carbonyl (C=O) groups excluding carboxylic acids is 4. The molecule has 5 aliphatic heterocycles. The first-order valence-electron chi connectivity index (χ1n) is 44.0. The molecule has 9 heterocycles. The molecule has 55 nitrogen and oxygen atoms in total. The van der Waals surface area contributed by atoms with E-state index in [1.807, 2.05) is 4.90 Å². The van der Waals surface area contributed by atoms with Gasteiger partial charge in [-0.3, -0.25) is 47.1 Å². The molecule has 18 N–H and O–H groups in total. The highest BCUT2D eigenvalue weighted by molar-refractivity contribution is 7.47. The smallest absolute Gasteiger partial charge is 0.394 e. The molecule has 0 spiro atoms. The molecule has 4 aromatic rings. The lowest BCUT2D eigenvalue weighted by molar-refractivity contribution is -0.316. The Hall–Kier alpha value is -6.42. The van der Waals surface area contributed by atoms with Crippen molar-refractivity contribution in [1.82, 2.24) is 91.0 Å². The number of rotatable bonds is 63. The van der Waals surface area contributed by atoms with E-state index in [-0.39, 0.29) is 170 Å². The van der Waals surface area contributed by atoms with E-state index in [0.717, 1.165) is 7.11 Å². The van der Waals surface area contributed by atoms with E-state index in [9.17, 15) is 94.6 Å². The lowest BCUT2D eigenvalue weighted by Crippen LogP contribution is -2.64. The third kappa shape index (κ3) is 36.1. The number of carbonyl (C=O) groups is 4. The SMILES string of the molecule is COP(=O)(O)OC[C@H]1OCC[C@@H]1OP(=O)(O)OCCCCCCNC(=O)[C@H](CCCCN(Cc1cn(CCOCCO[C@@H]2O[C@H](O)[C@H](O)[C@H](O)[C@H]2NC(C)=O)nn1)Cc1cn(CCOCCO[C@@H]2O[C@H](CO)[C@H](O)[C@H](O)[C@H]2NC(C)=O)nn1)N(Cc1cn(CCOCCO[C@@H]2O[C@H](CO)[C@H](O)[C@H](O)[C@H]2C)nn1)Cc1cn(CCOCCO[C@@H]2O[C@H](CO)[C@H](O)[C@H](O)[C@H]2NC(C)=O)nn1. The largest absolute Gasteiger partial charge is 0.472 e. The number of unbranched alkanes of at least 4 members (excludes halogenated alkanes) is 4. The number of hydrogen-bond acceptors (Lipinski definition) is 45. The van der Waals surface area contributed by atoms with Crippen molar-refractivity contribution in [3.63, 3.8) is 0 Å². The first-order chi connectivity index (χ1) is 63.8. The van der Waals surface area contributed by atoms with Crippen LogP contribution in [0.3, 0.4) is 0 Å². The fourth-order valence-electron chi connectivity index (χ4n) is 15.0. The first kappa shape index (κ1) is 110. The lowest BCUT2D eigenvalue weighted by atomic mass is 9.92. The zero-order chi connectivity index (χ0) is 96.2. The summed E-state index contributed by atoms with van der Waals surface area (Å²) in [5.74, 6) is -2.55. The molecular weight excluding hydrogens is 1820 g/mol. The summed E-state index contributed by atoms with van der Waals surface area (Å²) in [6, 6.07) is -4.42. The van der Waals surface area contributed by atoms with Crippen molar-refractivity contribution in [2.75, 3.05) is 139 Å². The minimum absolute atomic E-state index is 0.00400. The molecule has 5 saturated heterocycles. The molecule has 0 radical (unpaired) electrons. The van der Waals surface area contributed by atoms with Gasteiger partial charge in [0.25, 0.3) is 0 Å². The van der Waals surface area contributed by atoms with Gasteiger partial charge < -0.3 is 154 Å². The summed E-state index contributed by atoms with van der Waals surface area (Å²) in [5, 5.41) is 169. The number of phosphoric acid groups is 2. The zero-order valence-electron chi connectivity index (χ0n) is 74.9. The molecule has 758 valence electrons. The minimum Gasteiger partial charge on any atom is -0.394 e. The van der Waals surface area contributed by atoms with Crippen molar-refractivity contribution in [2.45, 2.75) is 266 Å². The van der Waals surface area contributed by atoms with E-state index >= 15 is 4.79 Å². The summed E-state index contributed by atoms with van der Waals surface area (Å²) in [6.07, 6.45) is -13.7. The second-order valence-electron chi connectivity index (χ2n) is 32.3. The van der Waals surface area contributed by atoms with Gasteiger partial charge in [-0.2, -0.15) is 0 Å². The van der Waals surface area contributed by atoms with Gasteiger partial charge in [-0.15, -0.1) is 20.4 Å². The van der Waals surface area contributed by atoms with Crippen LogP contribution in [0.15, 0.2) is 24.8 Å². The molecule has 25 atom stereocenters. The van der Waals surface area contributed by atoms with E-state index in [4.69, 9.17) is 75.2 Å². The Morgan fingerprint density at radius 3 is 1.32 bits per heavy atom. The Morgan fingerprint density at radius 1 is 0.474 bits per heavy atom. The predicted octanol–water partition coefficient (Wildman–Crippen LogP) is -7.98. The van der Waals surface area contributed by atoms with Crippen LogP contribution in [0.4, 0.5) is 0 Å². The quantitative estimate of drug-likeness (QED) is 0.0144. The van der Waals surface area contributed by atoms with Gasteiger partial charge in [-0.05, 0) is 32.2 Å². The third-order valence-electron chi connectivity index (χ3n) is 22.0. The molecule has 0 saturated carbocycles. The number of hydrogen-bond donors (Lipinski definition) is 18. The zero-order valence-corrected chi connectivity index (χ0v) is 76.6. The molecule has 5 aliphatic rings. The van der Waals surface area contributed by atoms with Crippen LogP contribution in [-0.4, -0.2) is 439 Å². The van der Waals surface area contributed by atoms with Crippen molar-refractivity contribution in [3.8, 4) is 0 Å². The molecular formula is C76H132N18O37P2. The standard InChI is InChI=1S/C76H132N18O37P2/c1-46-63(101)64(102)56(42-95)127-73(46)121-30-26-116-24-18-93-40-52(83-87-93)36-90(37-53-41-94(88-84-53)19-25-118-28-32-123-75-61(79-48(3)99)68(106)66(104)58(44-97)129-75)54(71(109)77-14-9-6-7-11-20-125-133(113,114)131-55-13-21-120-59(55)45-126-132(111,112)115-5)12-8-10-15-89(35-51-39-92(86-82-51)17-23-119-29-33-124-76-62(80-49(4)100)69(107)70(108)72(110)130-76)34-50-38-91(85-81-50)16-22-117-27-31-122-74-60(78-47(2)98)67(105)65(103)57(43-96)128-74/h38-41,46,54-70,72-76,95-97,101-108,110H,6-37,42-45H2,1-5H3,(H,77,109)(H,78,98)(H,79,99)(H,80,100)(H,111,112)(H,113,114)/t46-,54+,55+,56-,57-,58-,59-,60-,61-,62-,63-,64+,65+,66+,67-,68-,69-,70-,72+,73-,74-,75-,76-/m1/s1. The maximum Gasteiger partial charge on any atom is 0.472 e. The molecule has 4 amide bonds. The molecule has 9 rings (SSSR count). The topological polar surface area (TPSA) is 720 Å². The number of phosphoric ester groups is 2. The van der Waals surface area contributed by atoms with Crippen LogP contribution >= 0.6 is 15.6 Å². The van der Waals surface area contributed by atoms with E-state index in [0.29, 0.717) is 67.8 Å². The van der Waals surface area contributed by atoms with Crippen molar-refractivity contribution >= 4 is 39.3 Å². The molecule has 4 aromatic heterocycles. The molecule has 0 bridgehead atoms. The van der Waals surface area contributed by atoms with Crippen molar-refractivity contribution < 1.29 is 179 Å². The summed E-state index contributed by atoms with van der Waals surface area (Å²) in [7, 11) is -8.04. The van der Waals surface area contributed by atoms with E-state index in [2.05, 4.69) is 71.9 Å². The van der Waals surface area contributed by atoms with Crippen LogP contribution in [0.5, 0.6) is 0 Å². The first-order valence-corrected chi connectivity index (χ1v) is 47.0. The molecule has 0 aromatic carbocycles. The molecule has 5 fully saturated rings. The number of aliphatic hydroxyl groups is 12. The van der Waals surface area contributed by atoms with Gasteiger partial charge >= 0.3 is 15.6 Å². The Bertz CT molecular complexity index is 4140. The Kier molecular flexibility index (Phi) is 46.9. The third-order valence-corrected chi connectivity index (χ3v) is 24.0. The number of aromatic nitrogens is 12. The van der Waals surface area contributed by atoms with E-state index in [1.54, 1.807) is 50.4 Å². The monoisotopic (exact) mass is 1950 g/mol. The average molecular weight is 1950 g/mol. The van der Waals surface area contributed by atoms with Crippen LogP contribution < -0.4 is 21.3 Å². The van der Waals surface area contributed by atoms with Crippen LogP contribution in [0.1, 0.15) is 102 Å². The summed E-state index contributed by atoms with van der Waals surface area (Å²) < 4.78 is 126. The lowest BCUT2D eigenvalue weighted by Gasteiger charge is -2.42. The predicted molar refractivity (Wildman–Crippen MR) is 446 cm³/mol. The molecule has 133 heavy (non-hydrogen) atoms. The second kappa shape index (κ2) is 56.6. The van der Waals surface area contributed by atoms with Crippen LogP contribution in [-0.2, 0) is 160 Å². The van der Waals surface area contributed by atoms with Gasteiger partial charge in [-0.1, -0.05) is 47.0 Å². The fourth-order valence-corrected chi connectivity index (χ4v) is 16.4. The molecule has 0 aliphatic carbocycles. The number of ether oxygens (including phenoxy) is 13. The van der Waals surface area contributed by atoms with Gasteiger partial charge in [0, 0.05) is 104 Å². The summed E-state index contributed by atoms with van der Waals surface area (Å²) in [5.41, 5.74) is 1.98. The average Bonchev–Trinajstić information content (AvgIpc) is 1.63. The second-order valence-corrected chi connectivity index (χ2v) is 35.2. The fraction of sp³-hybridized carbons (Fsp3) is 0.842. The van der Waals surface area contributed by atoms with E-state index in [1.165, 1.54) is 20.8 Å². The van der Waals surface area contributed by atoms with E-state index < -0.39 is 201 Å². The van der Waals surface area contributed by atoms with Gasteiger partial charge in [0.05, 0.1) is 173 Å². The number of amides is 4. The van der Waals surface area contributed by atoms with Crippen LogP contribution in [0.25, 0.3) is 0 Å². The summed E-state index contributed by atoms with van der Waals surface area (Å²) in [6.45, 7) is 5.33. The maximum absolute atomic E-state index is 15.2. The molecule has 2 unspecified atom stereocenters. The summed E-state index contributed by atoms with van der Waals surface area (Å²) in [4.78, 5) is 75.4. The highest BCUT2D eigenvalue weighted by Crippen LogP contribution is 2.48. The van der Waals surface area contributed by atoms with Crippen molar-refractivity contribution in [1.29, 1.82) is 0 Å². The van der Waals surface area contributed by atoms with Crippen molar-refractivity contribution in [2.24, 2.45) is 5.92 Å². The highest BCUT2D eigenvalue weighted by atomic mass is 31.2. The minimum atomic E-state index is -4.64. The number of nitrogens with zero attached hydrogens (tertiary/aromatic N) is 14. The highest BCUT2D eigenvalue weighted by Gasteiger charge is 2.49. The van der Waals surface area contributed by atoms with Crippen LogP contribution in [0.2, 0.25) is 0 Å². The van der Waals surface area contributed by atoms with Crippen LogP contribution in [0, 0.1) is 5.92 Å². The Labute approximate surface area is 765 Å². The van der Waals surface area contributed by atoms with Gasteiger partial charge in [0.1, 0.15) is 91.4 Å². The number of nitrogens with one attached hydrogen (secondary N) is 4. The van der Waals surface area contributed by atoms with Gasteiger partial charge in [0.15, 0.2) is 31.5 Å². The van der Waals surface area contributed by atoms with Gasteiger partial charge in [0.2, 0.25) is 23.6 Å². The maximum atomic E-state index is 15.2. The number of aliphatic hydroxyl groups excluding tert-OH is 12. The van der Waals surface area contributed by atoms with Gasteiger partial charge in [-0.25, -0.2) is 27.9 Å². The summed E-state index contributed by atoms with van der Waals surface area (Å²) >= 11 is 0. The van der Waals surface area contributed by atoms with Crippen molar-refractivity contribution in [3.05, 3.63) is 47.6 Å².